The second-order valence-electron chi connectivity index (χ2n) is 5.58. The normalized spacial score (nSPS) is 19.3. The first-order chi connectivity index (χ1) is 10.8. The van der Waals surface area contributed by atoms with Crippen LogP contribution in [0.1, 0.15) is 6.42 Å². The van der Waals surface area contributed by atoms with Crippen LogP contribution in [-0.4, -0.2) is 68.9 Å². The maximum Gasteiger partial charge on any atom is 0.278 e. The molecule has 0 amide bonds. The van der Waals surface area contributed by atoms with Crippen molar-refractivity contribution < 1.29 is 13.2 Å². The number of morpholine rings is 1. The van der Waals surface area contributed by atoms with E-state index in [-0.39, 0.29) is 11.7 Å². The highest BCUT2D eigenvalue weighted by atomic mass is 32.2. The number of aryl methyl sites for hydroxylation is 1. The summed E-state index contributed by atoms with van der Waals surface area (Å²) in [5.74, 6) is 0. The third kappa shape index (κ3) is 4.74. The van der Waals surface area contributed by atoms with Crippen LogP contribution in [0.15, 0.2) is 17.1 Å². The lowest BCUT2D eigenvalue weighted by molar-refractivity contribution is 0.0362. The van der Waals surface area contributed by atoms with E-state index in [0.29, 0.717) is 32.7 Å². The quantitative estimate of drug-likeness (QED) is 0.694. The van der Waals surface area contributed by atoms with Gasteiger partial charge in [-0.15, -0.1) is 0 Å². The smallest absolute Gasteiger partial charge is 0.278 e. The summed E-state index contributed by atoms with van der Waals surface area (Å²) in [7, 11) is 1.14. The van der Waals surface area contributed by atoms with Crippen LogP contribution in [0.4, 0.5) is 5.69 Å². The molecule has 1 aliphatic rings. The molecule has 2 rings (SSSR count). The lowest BCUT2D eigenvalue weighted by Gasteiger charge is -2.34. The molecule has 0 radical (unpaired) electrons. The van der Waals surface area contributed by atoms with Crippen molar-refractivity contribution in [3.63, 3.8) is 0 Å². The molecule has 1 N–H and O–H groups in total. The largest absolute Gasteiger partial charge is 0.374 e. The van der Waals surface area contributed by atoms with E-state index in [1.807, 2.05) is 4.90 Å². The second kappa shape index (κ2) is 7.39. The van der Waals surface area contributed by atoms with Crippen LogP contribution in [0.25, 0.3) is 0 Å². The Labute approximate surface area is 136 Å². The summed E-state index contributed by atoms with van der Waals surface area (Å²) in [5, 5.41) is 4.02. The SMILES string of the molecule is CN(C)S(=O)(=O)NCC[C@H]1CN(c2cnn(C)c(=O)c2)CCO1. The van der Waals surface area contributed by atoms with Crippen molar-refractivity contribution in [1.29, 1.82) is 0 Å². The summed E-state index contributed by atoms with van der Waals surface area (Å²) >= 11 is 0. The fourth-order valence-corrected chi connectivity index (χ4v) is 2.87. The molecule has 23 heavy (non-hydrogen) atoms. The van der Waals surface area contributed by atoms with E-state index in [9.17, 15) is 13.2 Å². The fourth-order valence-electron chi connectivity index (χ4n) is 2.24. The Bertz CT molecular complexity index is 688. The predicted molar refractivity (Wildman–Crippen MR) is 86.7 cm³/mol. The Morgan fingerprint density at radius 2 is 2.22 bits per heavy atom. The molecular weight excluding hydrogens is 322 g/mol. The number of ether oxygens (including phenoxy) is 1. The van der Waals surface area contributed by atoms with E-state index >= 15 is 0 Å². The van der Waals surface area contributed by atoms with Gasteiger partial charge in [0.1, 0.15) is 0 Å². The monoisotopic (exact) mass is 345 g/mol. The molecule has 1 aromatic rings. The topological polar surface area (TPSA) is 96.8 Å². The Kier molecular flexibility index (Phi) is 5.74. The first-order valence-electron chi connectivity index (χ1n) is 7.36. The number of hydrogen-bond acceptors (Lipinski definition) is 6. The zero-order valence-corrected chi connectivity index (χ0v) is 14.4. The molecule has 0 spiro atoms. The first kappa shape index (κ1) is 17.9. The van der Waals surface area contributed by atoms with Gasteiger partial charge in [-0.05, 0) is 6.42 Å². The molecular formula is C13H23N5O4S. The molecule has 0 aromatic carbocycles. The molecule has 1 aromatic heterocycles. The molecule has 9 nitrogen and oxygen atoms in total. The molecule has 0 aliphatic carbocycles. The van der Waals surface area contributed by atoms with Gasteiger partial charge in [-0.3, -0.25) is 4.79 Å². The summed E-state index contributed by atoms with van der Waals surface area (Å²) in [6.07, 6.45) is 2.11. The van der Waals surface area contributed by atoms with Crippen LogP contribution in [0, 0.1) is 0 Å². The average Bonchev–Trinajstić information content (AvgIpc) is 2.50. The number of rotatable bonds is 6. The standard InChI is InChI=1S/C13H23N5O4S/c1-16(2)23(20,21)15-5-4-12-10-18(6-7-22-12)11-8-13(19)17(3)14-9-11/h8-9,12,15H,4-7,10H2,1-3H3/t12-/m0/s1. The van der Waals surface area contributed by atoms with E-state index < -0.39 is 10.2 Å². The van der Waals surface area contributed by atoms with Gasteiger partial charge in [0, 0.05) is 46.8 Å². The molecule has 0 saturated carbocycles. The summed E-state index contributed by atoms with van der Waals surface area (Å²) < 4.78 is 33.9. The molecule has 1 fully saturated rings. The molecule has 0 bridgehead atoms. The van der Waals surface area contributed by atoms with Gasteiger partial charge in [-0.25, -0.2) is 9.40 Å². The van der Waals surface area contributed by atoms with Gasteiger partial charge < -0.3 is 9.64 Å². The van der Waals surface area contributed by atoms with Gasteiger partial charge in [0.15, 0.2) is 0 Å². The third-order valence-corrected chi connectivity index (χ3v) is 5.22. The zero-order chi connectivity index (χ0) is 17.0. The van der Waals surface area contributed by atoms with Crippen molar-refractivity contribution >= 4 is 15.9 Å². The van der Waals surface area contributed by atoms with Crippen molar-refractivity contribution in [3.05, 3.63) is 22.6 Å². The summed E-state index contributed by atoms with van der Waals surface area (Å²) in [5.41, 5.74) is 0.597. The Balaban J connectivity index is 1.91. The highest BCUT2D eigenvalue weighted by Gasteiger charge is 2.22. The van der Waals surface area contributed by atoms with E-state index in [2.05, 4.69) is 9.82 Å². The maximum absolute atomic E-state index is 11.7. The van der Waals surface area contributed by atoms with Crippen LogP contribution in [0.3, 0.4) is 0 Å². The lowest BCUT2D eigenvalue weighted by Crippen LogP contribution is -2.45. The summed E-state index contributed by atoms with van der Waals surface area (Å²) in [4.78, 5) is 13.7. The fraction of sp³-hybridized carbons (Fsp3) is 0.692. The highest BCUT2D eigenvalue weighted by molar-refractivity contribution is 7.87. The van der Waals surface area contributed by atoms with Crippen molar-refractivity contribution in [3.8, 4) is 0 Å². The van der Waals surface area contributed by atoms with Crippen LogP contribution in [0.5, 0.6) is 0 Å². The lowest BCUT2D eigenvalue weighted by atomic mass is 10.2. The number of nitrogens with one attached hydrogen (secondary N) is 1. The Morgan fingerprint density at radius 1 is 1.48 bits per heavy atom. The Morgan fingerprint density at radius 3 is 2.87 bits per heavy atom. The van der Waals surface area contributed by atoms with Gasteiger partial charge in [0.25, 0.3) is 15.8 Å². The van der Waals surface area contributed by atoms with Crippen molar-refractivity contribution in [2.75, 3.05) is 45.2 Å². The molecule has 10 heteroatoms. The summed E-state index contributed by atoms with van der Waals surface area (Å²) in [6.45, 7) is 2.10. The minimum atomic E-state index is -3.41. The van der Waals surface area contributed by atoms with Gasteiger partial charge in [0.2, 0.25) is 0 Å². The van der Waals surface area contributed by atoms with E-state index in [1.165, 1.54) is 18.8 Å². The molecule has 130 valence electrons. The minimum Gasteiger partial charge on any atom is -0.374 e. The molecule has 1 atom stereocenters. The minimum absolute atomic E-state index is 0.0994. The van der Waals surface area contributed by atoms with E-state index in [0.717, 1.165) is 9.99 Å². The number of aromatic nitrogens is 2. The van der Waals surface area contributed by atoms with Gasteiger partial charge in [-0.2, -0.15) is 17.8 Å². The van der Waals surface area contributed by atoms with Crippen LogP contribution < -0.4 is 15.2 Å². The van der Waals surface area contributed by atoms with Gasteiger partial charge >= 0.3 is 0 Å². The van der Waals surface area contributed by atoms with Crippen molar-refractivity contribution in [2.24, 2.45) is 7.05 Å². The average molecular weight is 345 g/mol. The first-order valence-corrected chi connectivity index (χ1v) is 8.80. The zero-order valence-electron chi connectivity index (χ0n) is 13.6. The maximum atomic E-state index is 11.7. The van der Waals surface area contributed by atoms with Crippen LogP contribution >= 0.6 is 0 Å². The highest BCUT2D eigenvalue weighted by Crippen LogP contribution is 2.16. The number of nitrogens with zero attached hydrogens (tertiary/aromatic N) is 4. The molecule has 1 saturated heterocycles. The van der Waals surface area contributed by atoms with Crippen LogP contribution in [0.2, 0.25) is 0 Å². The Hall–Kier alpha value is -1.49. The second-order valence-corrected chi connectivity index (χ2v) is 7.55. The number of hydrogen-bond donors (Lipinski definition) is 1. The van der Waals surface area contributed by atoms with Gasteiger partial charge in [-0.1, -0.05) is 0 Å². The summed E-state index contributed by atoms with van der Waals surface area (Å²) in [6, 6.07) is 1.55. The van der Waals surface area contributed by atoms with E-state index in [4.69, 9.17) is 4.74 Å². The van der Waals surface area contributed by atoms with Crippen molar-refractivity contribution in [1.82, 2.24) is 18.8 Å². The molecule has 0 unspecified atom stereocenters. The predicted octanol–water partition coefficient (Wildman–Crippen LogP) is -1.23. The van der Waals surface area contributed by atoms with Crippen molar-refractivity contribution in [2.45, 2.75) is 12.5 Å². The van der Waals surface area contributed by atoms with E-state index in [1.54, 1.807) is 19.3 Å². The van der Waals surface area contributed by atoms with Gasteiger partial charge in [0.05, 0.1) is 24.6 Å². The molecule has 2 heterocycles. The number of anilines is 1. The van der Waals surface area contributed by atoms with Crippen LogP contribution in [-0.2, 0) is 22.0 Å². The third-order valence-electron chi connectivity index (χ3n) is 3.69. The molecule has 1 aliphatic heterocycles.